The highest BCUT2D eigenvalue weighted by atomic mass is 16.4. The lowest BCUT2D eigenvalue weighted by Gasteiger charge is -2.23. The maximum Gasteiger partial charge on any atom is 0.188 e. The fourth-order valence-electron chi connectivity index (χ4n) is 2.13. The van der Waals surface area contributed by atoms with Crippen LogP contribution in [-0.4, -0.2) is 22.6 Å². The van der Waals surface area contributed by atoms with Crippen LogP contribution in [0.2, 0.25) is 0 Å². The Hall–Kier alpha value is -2.56. The number of aryl methyl sites for hydroxylation is 1. The third kappa shape index (κ3) is 3.72. The molecule has 1 aromatic carbocycles. The Kier molecular flexibility index (Phi) is 4.77. The predicted octanol–water partition coefficient (Wildman–Crippen LogP) is 2.51. The minimum absolute atomic E-state index is 0.0234. The van der Waals surface area contributed by atoms with Crippen LogP contribution in [-0.2, 0) is 6.54 Å². The molecule has 1 aromatic heterocycles. The maximum atomic E-state index is 8.72. The maximum absolute atomic E-state index is 8.72. The molecule has 0 bridgehead atoms. The monoisotopic (exact) mass is 284 g/mol. The molecule has 0 aliphatic carbocycles. The number of amidine groups is 1. The molecule has 5 heteroatoms. The SMILES string of the molecule is CCN(Cc1ccnc(C(N)=NO)c1)c1ccc(C)cc1. The summed E-state index contributed by atoms with van der Waals surface area (Å²) in [4.78, 5) is 6.35. The summed E-state index contributed by atoms with van der Waals surface area (Å²) in [6.07, 6.45) is 1.67. The minimum atomic E-state index is 0.0234. The van der Waals surface area contributed by atoms with Crippen molar-refractivity contribution in [1.82, 2.24) is 4.98 Å². The van der Waals surface area contributed by atoms with Gasteiger partial charge in [0.25, 0.3) is 0 Å². The quantitative estimate of drug-likeness (QED) is 0.383. The van der Waals surface area contributed by atoms with Gasteiger partial charge in [0.2, 0.25) is 0 Å². The second-order valence-electron chi connectivity index (χ2n) is 4.88. The number of pyridine rings is 1. The summed E-state index contributed by atoms with van der Waals surface area (Å²) >= 11 is 0. The highest BCUT2D eigenvalue weighted by molar-refractivity contribution is 5.95. The molecular weight excluding hydrogens is 264 g/mol. The zero-order valence-electron chi connectivity index (χ0n) is 12.3. The molecule has 2 aromatic rings. The van der Waals surface area contributed by atoms with Crippen molar-refractivity contribution in [3.8, 4) is 0 Å². The molecular formula is C16H20N4O. The predicted molar refractivity (Wildman–Crippen MR) is 84.7 cm³/mol. The number of nitrogens with zero attached hydrogens (tertiary/aromatic N) is 3. The van der Waals surface area contributed by atoms with Crippen LogP contribution in [0.4, 0.5) is 5.69 Å². The Bertz CT molecular complexity index is 622. The summed E-state index contributed by atoms with van der Waals surface area (Å²) in [6, 6.07) is 12.2. The second-order valence-corrected chi connectivity index (χ2v) is 4.88. The Labute approximate surface area is 124 Å². The standard InChI is InChI=1S/C16H20N4O/c1-3-20(14-6-4-12(2)5-7-14)11-13-8-9-18-15(10-13)16(17)19-21/h4-10,21H,3,11H2,1-2H3,(H2,17,19). The summed E-state index contributed by atoms with van der Waals surface area (Å²) in [6.45, 7) is 5.83. The lowest BCUT2D eigenvalue weighted by atomic mass is 10.1. The average molecular weight is 284 g/mol. The van der Waals surface area contributed by atoms with Crippen molar-refractivity contribution in [3.63, 3.8) is 0 Å². The van der Waals surface area contributed by atoms with Gasteiger partial charge in [-0.2, -0.15) is 0 Å². The van der Waals surface area contributed by atoms with E-state index >= 15 is 0 Å². The van der Waals surface area contributed by atoms with Crippen LogP contribution in [0.1, 0.15) is 23.7 Å². The minimum Gasteiger partial charge on any atom is -0.409 e. The number of hydrogen-bond donors (Lipinski definition) is 2. The van der Waals surface area contributed by atoms with E-state index in [9.17, 15) is 0 Å². The summed E-state index contributed by atoms with van der Waals surface area (Å²) in [5, 5.41) is 11.7. The lowest BCUT2D eigenvalue weighted by molar-refractivity contribution is 0.318. The van der Waals surface area contributed by atoms with Crippen molar-refractivity contribution < 1.29 is 5.21 Å². The smallest absolute Gasteiger partial charge is 0.188 e. The molecule has 0 saturated carbocycles. The first-order valence-corrected chi connectivity index (χ1v) is 6.88. The largest absolute Gasteiger partial charge is 0.409 e. The molecule has 0 aliphatic heterocycles. The third-order valence-electron chi connectivity index (χ3n) is 3.35. The van der Waals surface area contributed by atoms with Gasteiger partial charge in [-0.05, 0) is 43.7 Å². The van der Waals surface area contributed by atoms with Crippen LogP contribution in [0.3, 0.4) is 0 Å². The first kappa shape index (κ1) is 14.8. The summed E-state index contributed by atoms with van der Waals surface area (Å²) in [5.74, 6) is 0.0234. The van der Waals surface area contributed by atoms with Crippen molar-refractivity contribution in [1.29, 1.82) is 0 Å². The highest BCUT2D eigenvalue weighted by Gasteiger charge is 2.07. The summed E-state index contributed by atoms with van der Waals surface area (Å²) in [5.41, 5.74) is 9.54. The van der Waals surface area contributed by atoms with Gasteiger partial charge in [-0.3, -0.25) is 4.98 Å². The zero-order valence-corrected chi connectivity index (χ0v) is 12.3. The van der Waals surface area contributed by atoms with Gasteiger partial charge in [0, 0.05) is 25.0 Å². The molecule has 3 N–H and O–H groups in total. The number of aromatic nitrogens is 1. The van der Waals surface area contributed by atoms with E-state index in [1.54, 1.807) is 6.20 Å². The summed E-state index contributed by atoms with van der Waals surface area (Å²) < 4.78 is 0. The number of benzene rings is 1. The van der Waals surface area contributed by atoms with Crippen LogP contribution in [0.5, 0.6) is 0 Å². The van der Waals surface area contributed by atoms with Gasteiger partial charge in [-0.25, -0.2) is 0 Å². The number of rotatable bonds is 5. The Morgan fingerprint density at radius 1 is 1.29 bits per heavy atom. The Balaban J connectivity index is 2.20. The van der Waals surface area contributed by atoms with Crippen molar-refractivity contribution >= 4 is 11.5 Å². The van der Waals surface area contributed by atoms with Gasteiger partial charge in [0.15, 0.2) is 5.84 Å². The molecule has 0 saturated heterocycles. The molecule has 5 nitrogen and oxygen atoms in total. The van der Waals surface area contributed by atoms with E-state index in [1.807, 2.05) is 12.1 Å². The van der Waals surface area contributed by atoms with Crippen LogP contribution < -0.4 is 10.6 Å². The first-order chi connectivity index (χ1) is 10.1. The average Bonchev–Trinajstić information content (AvgIpc) is 2.53. The van der Waals surface area contributed by atoms with E-state index in [2.05, 4.69) is 53.2 Å². The molecule has 0 aliphatic rings. The third-order valence-corrected chi connectivity index (χ3v) is 3.35. The van der Waals surface area contributed by atoms with E-state index in [0.29, 0.717) is 5.69 Å². The number of anilines is 1. The van der Waals surface area contributed by atoms with E-state index in [-0.39, 0.29) is 5.84 Å². The Morgan fingerprint density at radius 3 is 2.62 bits per heavy atom. The van der Waals surface area contributed by atoms with Gasteiger partial charge < -0.3 is 15.8 Å². The van der Waals surface area contributed by atoms with Crippen molar-refractivity contribution in [3.05, 3.63) is 59.4 Å². The Morgan fingerprint density at radius 2 is 2.00 bits per heavy atom. The normalized spacial score (nSPS) is 11.4. The second kappa shape index (κ2) is 6.74. The van der Waals surface area contributed by atoms with Crippen LogP contribution >= 0.6 is 0 Å². The van der Waals surface area contributed by atoms with Crippen LogP contribution in [0.15, 0.2) is 47.8 Å². The molecule has 0 spiro atoms. The molecule has 0 radical (unpaired) electrons. The first-order valence-electron chi connectivity index (χ1n) is 6.88. The van der Waals surface area contributed by atoms with E-state index in [1.165, 1.54) is 11.3 Å². The number of nitrogens with two attached hydrogens (primary N) is 1. The van der Waals surface area contributed by atoms with E-state index in [4.69, 9.17) is 10.9 Å². The molecule has 21 heavy (non-hydrogen) atoms. The molecule has 0 fully saturated rings. The molecule has 110 valence electrons. The van der Waals surface area contributed by atoms with Gasteiger partial charge in [-0.15, -0.1) is 0 Å². The van der Waals surface area contributed by atoms with Gasteiger partial charge in [0.1, 0.15) is 5.69 Å². The topological polar surface area (TPSA) is 74.7 Å². The fraction of sp³-hybridized carbons (Fsp3) is 0.250. The van der Waals surface area contributed by atoms with Gasteiger partial charge in [0.05, 0.1) is 0 Å². The molecule has 2 rings (SSSR count). The highest BCUT2D eigenvalue weighted by Crippen LogP contribution is 2.18. The molecule has 0 amide bonds. The molecule has 0 unspecified atom stereocenters. The van der Waals surface area contributed by atoms with Crippen molar-refractivity contribution in [2.24, 2.45) is 10.9 Å². The zero-order chi connectivity index (χ0) is 15.2. The van der Waals surface area contributed by atoms with Gasteiger partial charge >= 0.3 is 0 Å². The van der Waals surface area contributed by atoms with E-state index < -0.39 is 0 Å². The van der Waals surface area contributed by atoms with Crippen LogP contribution in [0.25, 0.3) is 0 Å². The number of oxime groups is 1. The van der Waals surface area contributed by atoms with Crippen LogP contribution in [0, 0.1) is 6.92 Å². The summed E-state index contributed by atoms with van der Waals surface area (Å²) in [7, 11) is 0. The van der Waals surface area contributed by atoms with Crippen molar-refractivity contribution in [2.75, 3.05) is 11.4 Å². The molecule has 0 atom stereocenters. The lowest BCUT2D eigenvalue weighted by Crippen LogP contribution is -2.22. The van der Waals surface area contributed by atoms with Crippen molar-refractivity contribution in [2.45, 2.75) is 20.4 Å². The number of hydrogen-bond acceptors (Lipinski definition) is 4. The fourth-order valence-corrected chi connectivity index (χ4v) is 2.13. The molecule has 1 heterocycles. The van der Waals surface area contributed by atoms with E-state index in [0.717, 1.165) is 18.7 Å². The van der Waals surface area contributed by atoms with Gasteiger partial charge in [-0.1, -0.05) is 22.9 Å².